The number of aromatic nitrogens is 3. The predicted octanol–water partition coefficient (Wildman–Crippen LogP) is 2.40. The molecule has 1 fully saturated rings. The molecule has 1 N–H and O–H groups in total. The Kier molecular flexibility index (Phi) is 5.18. The lowest BCUT2D eigenvalue weighted by molar-refractivity contribution is 0.102. The van der Waals surface area contributed by atoms with Crippen LogP contribution in [0.15, 0.2) is 36.5 Å². The summed E-state index contributed by atoms with van der Waals surface area (Å²) in [7, 11) is -1.41. The van der Waals surface area contributed by atoms with Crippen LogP contribution in [0.2, 0.25) is 0 Å². The first-order valence-electron chi connectivity index (χ1n) is 9.53. The summed E-state index contributed by atoms with van der Waals surface area (Å²) in [4.78, 5) is 13.1. The number of rotatable bonds is 6. The Morgan fingerprint density at radius 1 is 1.34 bits per heavy atom. The molecule has 1 amide bonds. The molecule has 1 aliphatic rings. The highest BCUT2D eigenvalue weighted by molar-refractivity contribution is 7.91. The van der Waals surface area contributed by atoms with E-state index in [0.717, 1.165) is 16.6 Å². The van der Waals surface area contributed by atoms with E-state index in [1.807, 2.05) is 42.0 Å². The molecule has 1 aliphatic heterocycles. The Morgan fingerprint density at radius 3 is 2.86 bits per heavy atom. The van der Waals surface area contributed by atoms with Gasteiger partial charge in [0.25, 0.3) is 5.91 Å². The van der Waals surface area contributed by atoms with Crippen LogP contribution >= 0.6 is 0 Å². The number of carbonyl (C=O) groups excluding carboxylic acids is 1. The van der Waals surface area contributed by atoms with Crippen molar-refractivity contribution in [3.63, 3.8) is 0 Å². The molecule has 1 atom stereocenters. The zero-order valence-electron chi connectivity index (χ0n) is 16.5. The van der Waals surface area contributed by atoms with Gasteiger partial charge in [-0.2, -0.15) is 5.10 Å². The number of hydrogen-bond donors (Lipinski definition) is 1. The Bertz CT molecular complexity index is 1160. The molecule has 3 aromatic rings. The molecule has 1 aromatic carbocycles. The van der Waals surface area contributed by atoms with E-state index in [2.05, 4.69) is 10.4 Å². The molecule has 0 bridgehead atoms. The fourth-order valence-corrected chi connectivity index (χ4v) is 5.53. The first-order chi connectivity index (χ1) is 13.9. The summed E-state index contributed by atoms with van der Waals surface area (Å²) in [5.41, 5.74) is 2.24. The average molecular weight is 417 g/mol. The SMILES string of the molecule is COCCn1cc(C(=O)Nc2cc(C)nn2[C@@H]2CCS(=O)(=O)C2)c2ccccc21. The number of fused-ring (bicyclic) bond motifs is 1. The zero-order chi connectivity index (χ0) is 20.6. The van der Waals surface area contributed by atoms with Crippen LogP contribution in [0.3, 0.4) is 0 Å². The maximum Gasteiger partial charge on any atom is 0.258 e. The van der Waals surface area contributed by atoms with Gasteiger partial charge in [0.05, 0.1) is 35.4 Å². The minimum Gasteiger partial charge on any atom is -0.383 e. The number of sulfone groups is 1. The molecule has 29 heavy (non-hydrogen) atoms. The highest BCUT2D eigenvalue weighted by Gasteiger charge is 2.31. The molecule has 0 spiro atoms. The number of carbonyl (C=O) groups is 1. The number of nitrogens with one attached hydrogen (secondary N) is 1. The fourth-order valence-electron chi connectivity index (χ4n) is 3.84. The van der Waals surface area contributed by atoms with Gasteiger partial charge in [0.15, 0.2) is 9.84 Å². The van der Waals surface area contributed by atoms with Crippen molar-refractivity contribution in [3.05, 3.63) is 47.8 Å². The Morgan fingerprint density at radius 2 is 2.14 bits per heavy atom. The molecule has 2 aromatic heterocycles. The molecule has 9 heteroatoms. The van der Waals surface area contributed by atoms with E-state index in [4.69, 9.17) is 4.74 Å². The second-order valence-electron chi connectivity index (χ2n) is 7.37. The van der Waals surface area contributed by atoms with Crippen LogP contribution in [-0.4, -0.2) is 53.9 Å². The summed E-state index contributed by atoms with van der Waals surface area (Å²) in [6, 6.07) is 9.24. The van der Waals surface area contributed by atoms with Crippen molar-refractivity contribution in [2.24, 2.45) is 0 Å². The zero-order valence-corrected chi connectivity index (χ0v) is 17.3. The van der Waals surface area contributed by atoms with Crippen LogP contribution in [0.5, 0.6) is 0 Å². The summed E-state index contributed by atoms with van der Waals surface area (Å²) in [6.07, 6.45) is 2.33. The molecular formula is C20H24N4O4S. The number of para-hydroxylation sites is 1. The second-order valence-corrected chi connectivity index (χ2v) is 9.60. The van der Waals surface area contributed by atoms with Gasteiger partial charge in [-0.3, -0.25) is 4.79 Å². The maximum atomic E-state index is 13.1. The largest absolute Gasteiger partial charge is 0.383 e. The Hall–Kier alpha value is -2.65. The summed E-state index contributed by atoms with van der Waals surface area (Å²) in [6.45, 7) is 3.01. The van der Waals surface area contributed by atoms with Gasteiger partial charge in [-0.15, -0.1) is 0 Å². The maximum absolute atomic E-state index is 13.1. The predicted molar refractivity (Wildman–Crippen MR) is 111 cm³/mol. The number of anilines is 1. The van der Waals surface area contributed by atoms with E-state index in [-0.39, 0.29) is 23.5 Å². The van der Waals surface area contributed by atoms with E-state index in [9.17, 15) is 13.2 Å². The third-order valence-corrected chi connectivity index (χ3v) is 6.97. The van der Waals surface area contributed by atoms with Crippen molar-refractivity contribution in [1.82, 2.24) is 14.3 Å². The van der Waals surface area contributed by atoms with E-state index in [0.29, 0.717) is 31.0 Å². The number of methoxy groups -OCH3 is 1. The van der Waals surface area contributed by atoms with E-state index < -0.39 is 9.84 Å². The molecule has 1 saturated heterocycles. The van der Waals surface area contributed by atoms with Gasteiger partial charge in [-0.05, 0) is 19.4 Å². The van der Waals surface area contributed by atoms with Crippen LogP contribution in [0.25, 0.3) is 10.9 Å². The van der Waals surface area contributed by atoms with E-state index >= 15 is 0 Å². The smallest absolute Gasteiger partial charge is 0.258 e. The van der Waals surface area contributed by atoms with E-state index in [1.54, 1.807) is 17.9 Å². The minimum atomic E-state index is -3.05. The first-order valence-corrected chi connectivity index (χ1v) is 11.3. The summed E-state index contributed by atoms with van der Waals surface area (Å²) in [5.74, 6) is 0.465. The van der Waals surface area contributed by atoms with Crippen molar-refractivity contribution in [2.45, 2.75) is 25.9 Å². The number of ether oxygens (including phenoxy) is 1. The lowest BCUT2D eigenvalue weighted by Gasteiger charge is -2.13. The van der Waals surface area contributed by atoms with Crippen molar-refractivity contribution >= 4 is 32.5 Å². The van der Waals surface area contributed by atoms with Gasteiger partial charge >= 0.3 is 0 Å². The molecule has 8 nitrogen and oxygen atoms in total. The van der Waals surface area contributed by atoms with Gasteiger partial charge in [0.2, 0.25) is 0 Å². The topological polar surface area (TPSA) is 95.2 Å². The Balaban J connectivity index is 1.64. The molecular weight excluding hydrogens is 392 g/mol. The van der Waals surface area contributed by atoms with Crippen LogP contribution in [-0.2, 0) is 21.1 Å². The van der Waals surface area contributed by atoms with Crippen LogP contribution in [0.1, 0.15) is 28.5 Å². The third-order valence-electron chi connectivity index (χ3n) is 5.22. The van der Waals surface area contributed by atoms with Gasteiger partial charge in [0.1, 0.15) is 5.82 Å². The van der Waals surface area contributed by atoms with E-state index in [1.165, 1.54) is 0 Å². The third kappa shape index (κ3) is 3.92. The van der Waals surface area contributed by atoms with Gasteiger partial charge in [-0.1, -0.05) is 18.2 Å². The fraction of sp³-hybridized carbons (Fsp3) is 0.400. The van der Waals surface area contributed by atoms with Crippen LogP contribution < -0.4 is 5.32 Å². The van der Waals surface area contributed by atoms with Crippen LogP contribution in [0.4, 0.5) is 5.82 Å². The molecule has 0 unspecified atom stereocenters. The summed E-state index contributed by atoms with van der Waals surface area (Å²) in [5, 5.41) is 8.22. The quantitative estimate of drug-likeness (QED) is 0.666. The minimum absolute atomic E-state index is 0.0489. The molecule has 4 rings (SSSR count). The Labute approximate surface area is 169 Å². The average Bonchev–Trinajstić information content (AvgIpc) is 3.35. The van der Waals surface area contributed by atoms with Crippen molar-refractivity contribution < 1.29 is 17.9 Å². The standard InChI is InChI=1S/C20H24N4O4S/c1-14-11-19(24(22-14)15-7-10-29(26,27)13-15)21-20(25)17-12-23(8-9-28-2)18-6-4-3-5-16(17)18/h3-6,11-12,15H,7-10,13H2,1-2H3,(H,21,25)/t15-/m1/s1. The number of nitrogens with zero attached hydrogens (tertiary/aromatic N) is 3. The molecule has 154 valence electrons. The summed E-state index contributed by atoms with van der Waals surface area (Å²) < 4.78 is 32.6. The molecule has 0 radical (unpaired) electrons. The normalized spacial score (nSPS) is 18.3. The number of aryl methyl sites for hydroxylation is 1. The van der Waals surface area contributed by atoms with Gasteiger partial charge < -0.3 is 14.6 Å². The van der Waals surface area contributed by atoms with Gasteiger partial charge in [-0.25, -0.2) is 13.1 Å². The summed E-state index contributed by atoms with van der Waals surface area (Å²) >= 11 is 0. The molecule has 0 aliphatic carbocycles. The monoisotopic (exact) mass is 416 g/mol. The van der Waals surface area contributed by atoms with Gasteiger partial charge in [0, 0.05) is 36.8 Å². The highest BCUT2D eigenvalue weighted by atomic mass is 32.2. The van der Waals surface area contributed by atoms with Crippen LogP contribution in [0, 0.1) is 6.92 Å². The lowest BCUT2D eigenvalue weighted by Crippen LogP contribution is -2.19. The molecule has 0 saturated carbocycles. The first kappa shape index (κ1) is 19.7. The highest BCUT2D eigenvalue weighted by Crippen LogP contribution is 2.28. The second kappa shape index (κ2) is 7.64. The lowest BCUT2D eigenvalue weighted by atomic mass is 10.1. The number of benzene rings is 1. The van der Waals surface area contributed by atoms with Crippen molar-refractivity contribution in [2.75, 3.05) is 30.5 Å². The number of hydrogen-bond acceptors (Lipinski definition) is 5. The van der Waals surface area contributed by atoms with Crippen molar-refractivity contribution in [1.29, 1.82) is 0 Å². The number of amides is 1. The van der Waals surface area contributed by atoms with Crippen molar-refractivity contribution in [3.8, 4) is 0 Å². The molecule has 3 heterocycles.